The lowest BCUT2D eigenvalue weighted by molar-refractivity contribution is 1.18. The SMILES string of the molecule is N#Cc1cccc(-n2c3ccc(-c4ccccc4)cc3c3cc(-c4ccc(-c5ccc6c(c5)c5cc(-c7ccccc7)ccc5n6-c5ccccc5)cc4)ccc32)c1. The monoisotopic (exact) mass is 737 g/mol. The van der Waals surface area contributed by atoms with E-state index in [9.17, 15) is 5.26 Å². The molecule has 0 amide bonds. The molecule has 0 spiro atoms. The Balaban J connectivity index is 1.02. The molecule has 11 rings (SSSR count). The van der Waals surface area contributed by atoms with Crippen molar-refractivity contribution in [1.82, 2.24) is 9.13 Å². The van der Waals surface area contributed by atoms with Crippen LogP contribution in [0, 0.1) is 11.3 Å². The molecule has 0 aliphatic rings. The van der Waals surface area contributed by atoms with Gasteiger partial charge in [-0.3, -0.25) is 0 Å². The molecule has 11 aromatic rings. The van der Waals surface area contributed by atoms with E-state index >= 15 is 0 Å². The van der Waals surface area contributed by atoms with E-state index in [4.69, 9.17) is 0 Å². The smallest absolute Gasteiger partial charge is 0.0992 e. The van der Waals surface area contributed by atoms with Crippen molar-refractivity contribution in [3.05, 3.63) is 218 Å². The van der Waals surface area contributed by atoms with Gasteiger partial charge in [0.2, 0.25) is 0 Å². The fourth-order valence-electron chi connectivity index (χ4n) is 8.73. The summed E-state index contributed by atoms with van der Waals surface area (Å²) < 4.78 is 4.66. The molecular weight excluding hydrogens is 703 g/mol. The van der Waals surface area contributed by atoms with Gasteiger partial charge in [0, 0.05) is 32.9 Å². The number of aromatic nitrogens is 2. The molecule has 2 aromatic heterocycles. The fraction of sp³-hybridized carbons (Fsp3) is 0. The number of nitrogens with zero attached hydrogens (tertiary/aromatic N) is 3. The molecule has 0 aliphatic carbocycles. The van der Waals surface area contributed by atoms with Gasteiger partial charge in [-0.25, -0.2) is 0 Å². The third-order valence-corrected chi connectivity index (χ3v) is 11.5. The molecule has 0 saturated carbocycles. The number of hydrogen-bond acceptors (Lipinski definition) is 1. The van der Waals surface area contributed by atoms with Gasteiger partial charge in [-0.2, -0.15) is 5.26 Å². The maximum absolute atomic E-state index is 9.73. The molecule has 0 aliphatic heterocycles. The van der Waals surface area contributed by atoms with Crippen LogP contribution < -0.4 is 0 Å². The molecule has 0 N–H and O–H groups in total. The highest BCUT2D eigenvalue weighted by Gasteiger charge is 2.17. The van der Waals surface area contributed by atoms with E-state index in [2.05, 4.69) is 209 Å². The minimum absolute atomic E-state index is 0.642. The predicted molar refractivity (Wildman–Crippen MR) is 242 cm³/mol. The van der Waals surface area contributed by atoms with Gasteiger partial charge in [0.1, 0.15) is 0 Å². The summed E-state index contributed by atoms with van der Waals surface area (Å²) in [5, 5.41) is 14.5. The first kappa shape index (κ1) is 33.4. The Hall–Kier alpha value is -7.93. The number of benzene rings is 9. The van der Waals surface area contributed by atoms with Crippen LogP contribution >= 0.6 is 0 Å². The minimum atomic E-state index is 0.642. The van der Waals surface area contributed by atoms with Crippen LogP contribution in [0.5, 0.6) is 0 Å². The van der Waals surface area contributed by atoms with Crippen LogP contribution in [-0.2, 0) is 0 Å². The van der Waals surface area contributed by atoms with Crippen molar-refractivity contribution in [1.29, 1.82) is 5.26 Å². The second-order valence-corrected chi connectivity index (χ2v) is 14.9. The molecule has 9 aromatic carbocycles. The number of fused-ring (bicyclic) bond motifs is 6. The zero-order chi connectivity index (χ0) is 38.6. The Morgan fingerprint density at radius 3 is 1.00 bits per heavy atom. The molecule has 0 atom stereocenters. The largest absolute Gasteiger partial charge is 0.309 e. The normalized spacial score (nSPS) is 11.4. The van der Waals surface area contributed by atoms with E-state index in [1.807, 2.05) is 18.2 Å². The van der Waals surface area contributed by atoms with Crippen molar-refractivity contribution in [3.63, 3.8) is 0 Å². The lowest BCUT2D eigenvalue weighted by atomic mass is 9.97. The van der Waals surface area contributed by atoms with E-state index < -0.39 is 0 Å². The van der Waals surface area contributed by atoms with Gasteiger partial charge in [0.05, 0.1) is 33.7 Å². The highest BCUT2D eigenvalue weighted by Crippen LogP contribution is 2.40. The van der Waals surface area contributed by atoms with Crippen LogP contribution in [0.15, 0.2) is 212 Å². The molecule has 0 fully saturated rings. The summed E-state index contributed by atoms with van der Waals surface area (Å²) in [6.45, 7) is 0. The summed E-state index contributed by atoms with van der Waals surface area (Å²) in [5.41, 5.74) is 16.8. The number of nitriles is 1. The van der Waals surface area contributed by atoms with Gasteiger partial charge >= 0.3 is 0 Å². The Morgan fingerprint density at radius 1 is 0.276 bits per heavy atom. The first-order valence-corrected chi connectivity index (χ1v) is 19.6. The molecule has 3 nitrogen and oxygen atoms in total. The lowest BCUT2D eigenvalue weighted by Gasteiger charge is -2.10. The van der Waals surface area contributed by atoms with Crippen LogP contribution in [0.4, 0.5) is 0 Å². The predicted octanol–water partition coefficient (Wildman–Crippen LogP) is 14.4. The quantitative estimate of drug-likeness (QED) is 0.167. The summed E-state index contributed by atoms with van der Waals surface area (Å²) >= 11 is 0. The zero-order valence-electron chi connectivity index (χ0n) is 31.5. The standard InChI is InChI=1S/C55H35N3/c56-36-37-11-10-18-47(31-37)58-54-29-24-43(39-14-6-2-7-15-39)33-50(54)51-35-45(26-30-55(51)58)41-21-19-40(20-22-41)44-25-28-53-49(34-44)48-32-42(38-12-4-1-5-13-38)23-27-52(48)57(53)46-16-8-3-9-17-46/h1-35H. The summed E-state index contributed by atoms with van der Waals surface area (Å²) in [6, 6.07) is 78.1. The van der Waals surface area contributed by atoms with Crippen molar-refractivity contribution < 1.29 is 0 Å². The van der Waals surface area contributed by atoms with Gasteiger partial charge in [-0.1, -0.05) is 133 Å². The maximum Gasteiger partial charge on any atom is 0.0992 e. The summed E-state index contributed by atoms with van der Waals surface area (Å²) in [5.74, 6) is 0. The van der Waals surface area contributed by atoms with Gasteiger partial charge < -0.3 is 9.13 Å². The van der Waals surface area contributed by atoms with Crippen LogP contribution in [0.3, 0.4) is 0 Å². The summed E-state index contributed by atoms with van der Waals surface area (Å²) in [6.07, 6.45) is 0. The van der Waals surface area contributed by atoms with E-state index in [1.54, 1.807) is 0 Å². The Morgan fingerprint density at radius 2 is 0.603 bits per heavy atom. The van der Waals surface area contributed by atoms with Crippen LogP contribution in [0.2, 0.25) is 0 Å². The third-order valence-electron chi connectivity index (χ3n) is 11.5. The van der Waals surface area contributed by atoms with Gasteiger partial charge in [-0.05, 0) is 123 Å². The average Bonchev–Trinajstić information content (AvgIpc) is 3.81. The zero-order valence-corrected chi connectivity index (χ0v) is 31.5. The topological polar surface area (TPSA) is 33.6 Å². The van der Waals surface area contributed by atoms with Crippen molar-refractivity contribution in [2.24, 2.45) is 0 Å². The summed E-state index contributed by atoms with van der Waals surface area (Å²) in [4.78, 5) is 0. The van der Waals surface area contributed by atoms with Crippen LogP contribution in [0.1, 0.15) is 5.56 Å². The maximum atomic E-state index is 9.73. The van der Waals surface area contributed by atoms with Crippen molar-refractivity contribution in [2.45, 2.75) is 0 Å². The van der Waals surface area contributed by atoms with E-state index in [-0.39, 0.29) is 0 Å². The first-order valence-electron chi connectivity index (χ1n) is 19.6. The molecule has 0 radical (unpaired) electrons. The third kappa shape index (κ3) is 5.59. The van der Waals surface area contributed by atoms with Crippen LogP contribution in [-0.4, -0.2) is 9.13 Å². The van der Waals surface area contributed by atoms with E-state index in [0.29, 0.717) is 5.56 Å². The Kier molecular flexibility index (Phi) is 7.88. The molecule has 0 saturated heterocycles. The van der Waals surface area contributed by atoms with Crippen molar-refractivity contribution in [2.75, 3.05) is 0 Å². The summed E-state index contributed by atoms with van der Waals surface area (Å²) in [7, 11) is 0. The van der Waals surface area contributed by atoms with Crippen molar-refractivity contribution in [3.8, 4) is 62.0 Å². The van der Waals surface area contributed by atoms with E-state index in [1.165, 1.54) is 66.0 Å². The van der Waals surface area contributed by atoms with Gasteiger partial charge in [0.25, 0.3) is 0 Å². The highest BCUT2D eigenvalue weighted by atomic mass is 15.0. The molecule has 270 valence electrons. The second-order valence-electron chi connectivity index (χ2n) is 14.9. The number of para-hydroxylation sites is 1. The lowest BCUT2D eigenvalue weighted by Crippen LogP contribution is -1.94. The Labute approximate surface area is 336 Å². The molecule has 58 heavy (non-hydrogen) atoms. The fourth-order valence-corrected chi connectivity index (χ4v) is 8.73. The van der Waals surface area contributed by atoms with Crippen molar-refractivity contribution >= 4 is 43.6 Å². The molecule has 0 unspecified atom stereocenters. The number of rotatable bonds is 6. The van der Waals surface area contributed by atoms with Gasteiger partial charge in [0.15, 0.2) is 0 Å². The van der Waals surface area contributed by atoms with E-state index in [0.717, 1.165) is 33.5 Å². The molecule has 2 heterocycles. The molecule has 3 heteroatoms. The van der Waals surface area contributed by atoms with Gasteiger partial charge in [-0.15, -0.1) is 0 Å². The van der Waals surface area contributed by atoms with Crippen LogP contribution in [0.25, 0.3) is 99.5 Å². The first-order chi connectivity index (χ1) is 28.7. The number of hydrogen-bond donors (Lipinski definition) is 0. The molecular formula is C55H35N3. The average molecular weight is 738 g/mol. The Bertz CT molecular complexity index is 3370. The highest BCUT2D eigenvalue weighted by molar-refractivity contribution is 6.13. The second kappa shape index (κ2) is 13.7. The minimum Gasteiger partial charge on any atom is -0.309 e. The molecule has 0 bridgehead atoms.